The molecule has 0 saturated carbocycles. The molecule has 0 aromatic heterocycles. The van der Waals surface area contributed by atoms with E-state index in [1.54, 1.807) is 0 Å². The third-order valence-corrected chi connectivity index (χ3v) is 3.21. The third-order valence-electron chi connectivity index (χ3n) is 2.10. The zero-order chi connectivity index (χ0) is 8.43. The lowest BCUT2D eigenvalue weighted by Gasteiger charge is -2.06. The molecular formula is C7H14O3P+. The van der Waals surface area contributed by atoms with Crippen molar-refractivity contribution in [3.63, 3.8) is 0 Å². The summed E-state index contributed by atoms with van der Waals surface area (Å²) in [7, 11) is -2.05. The summed E-state index contributed by atoms with van der Waals surface area (Å²) in [6.07, 6.45) is 1.70. The maximum atomic E-state index is 10.8. The van der Waals surface area contributed by atoms with Crippen LogP contribution in [0.4, 0.5) is 0 Å². The molecule has 0 aliphatic carbocycles. The molecule has 0 aromatic carbocycles. The van der Waals surface area contributed by atoms with Gasteiger partial charge in [-0.2, -0.15) is 4.89 Å². The van der Waals surface area contributed by atoms with Gasteiger partial charge in [-0.05, 0) is 17.9 Å². The first-order valence-corrected chi connectivity index (χ1v) is 5.24. The van der Waals surface area contributed by atoms with E-state index in [4.69, 9.17) is 9.63 Å². The van der Waals surface area contributed by atoms with Gasteiger partial charge >= 0.3 is 8.03 Å². The highest BCUT2D eigenvalue weighted by molar-refractivity contribution is 7.39. The van der Waals surface area contributed by atoms with Crippen LogP contribution >= 0.6 is 8.03 Å². The molecule has 1 N–H and O–H groups in total. The first kappa shape index (κ1) is 9.11. The van der Waals surface area contributed by atoms with Crippen LogP contribution in [0.1, 0.15) is 26.7 Å². The molecule has 64 valence electrons. The zero-order valence-corrected chi connectivity index (χ0v) is 7.75. The monoisotopic (exact) mass is 177 g/mol. The van der Waals surface area contributed by atoms with Gasteiger partial charge < -0.3 is 4.74 Å². The Labute approximate surface area is 67.6 Å². The van der Waals surface area contributed by atoms with E-state index in [0.717, 1.165) is 12.8 Å². The van der Waals surface area contributed by atoms with Gasteiger partial charge in [0, 0.05) is 6.42 Å². The van der Waals surface area contributed by atoms with Gasteiger partial charge in [0.25, 0.3) is 0 Å². The first-order valence-electron chi connectivity index (χ1n) is 3.95. The maximum Gasteiger partial charge on any atom is 0.511 e. The summed E-state index contributed by atoms with van der Waals surface area (Å²) in [4.78, 5) is 8.90. The minimum Gasteiger partial charge on any atom is -0.370 e. The predicted octanol–water partition coefficient (Wildman–Crippen LogP) is 1.68. The second-order valence-electron chi connectivity index (χ2n) is 3.00. The van der Waals surface area contributed by atoms with E-state index in [1.807, 2.05) is 13.8 Å². The van der Waals surface area contributed by atoms with Crippen molar-refractivity contribution in [1.29, 1.82) is 0 Å². The van der Waals surface area contributed by atoms with Gasteiger partial charge in [-0.3, -0.25) is 0 Å². The fourth-order valence-electron chi connectivity index (χ4n) is 1.54. The van der Waals surface area contributed by atoms with Crippen molar-refractivity contribution >= 4 is 8.03 Å². The minimum atomic E-state index is -2.05. The van der Waals surface area contributed by atoms with E-state index >= 15 is 0 Å². The van der Waals surface area contributed by atoms with Crippen LogP contribution in [0.5, 0.6) is 0 Å². The van der Waals surface area contributed by atoms with Crippen LogP contribution in [0.25, 0.3) is 0 Å². The summed E-state index contributed by atoms with van der Waals surface area (Å²) in [5.74, 6) is 0. The van der Waals surface area contributed by atoms with Crippen LogP contribution in [-0.2, 0) is 9.30 Å². The Kier molecular flexibility index (Phi) is 2.99. The Balaban J connectivity index is 2.57. The van der Waals surface area contributed by atoms with Gasteiger partial charge in [0.2, 0.25) is 5.66 Å². The van der Waals surface area contributed by atoms with Crippen molar-refractivity contribution in [2.45, 2.75) is 44.6 Å². The molecule has 4 heteroatoms. The Morgan fingerprint density at radius 2 is 2.36 bits per heavy atom. The highest BCUT2D eigenvalue weighted by Gasteiger charge is 2.44. The standard InChI is InChI=1S/C7H13O3P/c1-3-6-7(11(8)9)4-5(2)10-6/h5-7H,3-4H2,1-2H3/p+1/t5-,6+,7?/m0/s1. The SMILES string of the molecule is CC[C@H]1O[C@@H](C)CC1[P+](=O)O. The summed E-state index contributed by atoms with van der Waals surface area (Å²) in [6.45, 7) is 3.93. The normalized spacial score (nSPS) is 39.2. The summed E-state index contributed by atoms with van der Waals surface area (Å²) < 4.78 is 16.2. The topological polar surface area (TPSA) is 46.5 Å². The molecule has 1 fully saturated rings. The molecule has 1 aliphatic heterocycles. The molecule has 0 aromatic rings. The largest absolute Gasteiger partial charge is 0.511 e. The lowest BCUT2D eigenvalue weighted by Crippen LogP contribution is -2.16. The molecule has 11 heavy (non-hydrogen) atoms. The Hall–Kier alpha value is 0.0200. The van der Waals surface area contributed by atoms with E-state index in [2.05, 4.69) is 0 Å². The van der Waals surface area contributed by atoms with Crippen LogP contribution in [0.15, 0.2) is 0 Å². The van der Waals surface area contributed by atoms with Crippen molar-refractivity contribution < 1.29 is 14.2 Å². The predicted molar refractivity (Wildman–Crippen MR) is 42.9 cm³/mol. The van der Waals surface area contributed by atoms with Crippen molar-refractivity contribution in [1.82, 2.24) is 0 Å². The smallest absolute Gasteiger partial charge is 0.370 e. The highest BCUT2D eigenvalue weighted by atomic mass is 31.1. The molecule has 1 heterocycles. The van der Waals surface area contributed by atoms with Crippen molar-refractivity contribution in [2.24, 2.45) is 0 Å². The molecule has 0 amide bonds. The average Bonchev–Trinajstić information content (AvgIpc) is 2.30. The zero-order valence-electron chi connectivity index (χ0n) is 6.86. The molecule has 0 spiro atoms. The molecule has 3 nitrogen and oxygen atoms in total. The molecule has 1 rings (SSSR count). The minimum absolute atomic E-state index is 0.00129. The number of ether oxygens (including phenoxy) is 1. The first-order chi connectivity index (χ1) is 5.15. The van der Waals surface area contributed by atoms with Crippen molar-refractivity contribution in [3.8, 4) is 0 Å². The molecule has 1 saturated heterocycles. The Morgan fingerprint density at radius 1 is 1.73 bits per heavy atom. The molecule has 0 radical (unpaired) electrons. The lowest BCUT2D eigenvalue weighted by molar-refractivity contribution is 0.0543. The summed E-state index contributed by atoms with van der Waals surface area (Å²) in [5.41, 5.74) is -0.134. The van der Waals surface area contributed by atoms with Gasteiger partial charge in [0.15, 0.2) is 0 Å². The second-order valence-corrected chi connectivity index (χ2v) is 4.27. The Morgan fingerprint density at radius 3 is 2.73 bits per heavy atom. The number of hydrogen-bond donors (Lipinski definition) is 1. The van der Waals surface area contributed by atoms with Crippen LogP contribution in [-0.4, -0.2) is 22.8 Å². The van der Waals surface area contributed by atoms with Gasteiger partial charge in [0.05, 0.1) is 6.10 Å². The van der Waals surface area contributed by atoms with Crippen molar-refractivity contribution in [2.75, 3.05) is 0 Å². The van der Waals surface area contributed by atoms with Crippen LogP contribution in [0.2, 0.25) is 0 Å². The third kappa shape index (κ3) is 1.98. The molecule has 4 atom stereocenters. The van der Waals surface area contributed by atoms with Gasteiger partial charge in [-0.1, -0.05) is 6.92 Å². The summed E-state index contributed by atoms with van der Waals surface area (Å²) >= 11 is 0. The van der Waals surface area contributed by atoms with Gasteiger partial charge in [-0.25, -0.2) is 0 Å². The Bertz CT molecular complexity index is 160. The summed E-state index contributed by atoms with van der Waals surface area (Å²) in [6, 6.07) is 0. The highest BCUT2D eigenvalue weighted by Crippen LogP contribution is 2.38. The van der Waals surface area contributed by atoms with E-state index < -0.39 is 8.03 Å². The van der Waals surface area contributed by atoms with Crippen LogP contribution in [0.3, 0.4) is 0 Å². The van der Waals surface area contributed by atoms with E-state index in [9.17, 15) is 4.57 Å². The van der Waals surface area contributed by atoms with Crippen molar-refractivity contribution in [3.05, 3.63) is 0 Å². The lowest BCUT2D eigenvalue weighted by atomic mass is 10.1. The van der Waals surface area contributed by atoms with E-state index in [0.29, 0.717) is 0 Å². The molecule has 2 unspecified atom stereocenters. The van der Waals surface area contributed by atoms with E-state index in [1.165, 1.54) is 0 Å². The van der Waals surface area contributed by atoms with Gasteiger partial charge in [0.1, 0.15) is 6.10 Å². The molecule has 1 aliphatic rings. The van der Waals surface area contributed by atoms with Crippen LogP contribution < -0.4 is 0 Å². The number of hydrogen-bond acceptors (Lipinski definition) is 2. The van der Waals surface area contributed by atoms with Crippen LogP contribution in [0, 0.1) is 0 Å². The second kappa shape index (κ2) is 3.61. The number of rotatable bonds is 2. The van der Waals surface area contributed by atoms with Gasteiger partial charge in [-0.15, -0.1) is 0 Å². The average molecular weight is 177 g/mol. The fourth-order valence-corrected chi connectivity index (χ4v) is 2.58. The van der Waals surface area contributed by atoms with E-state index in [-0.39, 0.29) is 17.9 Å². The molecular weight excluding hydrogens is 163 g/mol. The molecule has 0 bridgehead atoms. The quantitative estimate of drug-likeness (QED) is 0.652. The summed E-state index contributed by atoms with van der Waals surface area (Å²) in [5, 5.41) is 0. The maximum absolute atomic E-state index is 10.8. The fraction of sp³-hybridized carbons (Fsp3) is 1.00.